The van der Waals surface area contributed by atoms with Crippen molar-refractivity contribution in [3.05, 3.63) is 107 Å². The molecule has 2 unspecified atom stereocenters. The minimum Gasteiger partial charge on any atom is -0.481 e. The number of hydrogen-bond donors (Lipinski definition) is 2. The number of pyridine rings is 1. The Balaban J connectivity index is 1.41. The summed E-state index contributed by atoms with van der Waals surface area (Å²) in [6.45, 7) is 2.62. The summed E-state index contributed by atoms with van der Waals surface area (Å²) in [4.78, 5) is 68.8. The molecule has 0 bridgehead atoms. The van der Waals surface area contributed by atoms with Crippen molar-refractivity contribution >= 4 is 29.5 Å². The van der Waals surface area contributed by atoms with Gasteiger partial charge >= 0.3 is 12.0 Å². The van der Waals surface area contributed by atoms with Gasteiger partial charge in [0.1, 0.15) is 11.5 Å². The number of aryl methyl sites for hydroxylation is 1. The maximum absolute atomic E-state index is 14.4. The molecule has 212 valence electrons. The van der Waals surface area contributed by atoms with Crippen LogP contribution in [0.5, 0.6) is 0 Å². The Morgan fingerprint density at radius 2 is 1.69 bits per heavy atom. The highest BCUT2D eigenvalue weighted by atomic mass is 16.4. The number of carbonyl (C=O) groups is 3. The smallest absolute Gasteiger partial charge is 0.339 e. The molecule has 2 atom stereocenters. The van der Waals surface area contributed by atoms with E-state index in [0.29, 0.717) is 18.8 Å². The fourth-order valence-electron chi connectivity index (χ4n) is 5.91. The second-order valence-electron chi connectivity index (χ2n) is 10.5. The molecule has 2 aromatic carbocycles. The lowest BCUT2D eigenvalue weighted by Crippen LogP contribution is -2.65. The first-order chi connectivity index (χ1) is 20.3. The van der Waals surface area contributed by atoms with Crippen molar-refractivity contribution < 1.29 is 19.5 Å². The van der Waals surface area contributed by atoms with Crippen LogP contribution in [0.15, 0.2) is 90.0 Å². The van der Waals surface area contributed by atoms with Crippen LogP contribution in [0.4, 0.5) is 16.4 Å². The van der Waals surface area contributed by atoms with Gasteiger partial charge in [-0.3, -0.25) is 29.3 Å². The van der Waals surface area contributed by atoms with E-state index < -0.39 is 34.9 Å². The molecule has 2 fully saturated rings. The molecule has 1 spiro atoms. The number of H-pyrrole nitrogens is 1. The molecule has 42 heavy (non-hydrogen) atoms. The predicted octanol–water partition coefficient (Wildman–Crippen LogP) is 3.46. The van der Waals surface area contributed by atoms with Crippen molar-refractivity contribution in [2.24, 2.45) is 5.92 Å². The molecule has 11 heteroatoms. The summed E-state index contributed by atoms with van der Waals surface area (Å²) in [6.07, 6.45) is 2.92. The molecule has 4 aromatic rings. The van der Waals surface area contributed by atoms with Crippen molar-refractivity contribution in [1.82, 2.24) is 19.9 Å². The largest absolute Gasteiger partial charge is 0.481 e. The molecule has 2 saturated heterocycles. The number of hydrogen-bond acceptors (Lipinski definition) is 7. The fourth-order valence-corrected chi connectivity index (χ4v) is 5.91. The van der Waals surface area contributed by atoms with E-state index in [1.165, 1.54) is 12.3 Å². The number of rotatable bonds is 6. The van der Waals surface area contributed by atoms with Crippen molar-refractivity contribution in [2.45, 2.75) is 25.4 Å². The quantitative estimate of drug-likeness (QED) is 0.340. The van der Waals surface area contributed by atoms with E-state index in [9.17, 15) is 24.3 Å². The third-order valence-electron chi connectivity index (χ3n) is 8.07. The number of benzene rings is 2. The SMILES string of the molecule is Cc1cccnc1CN1CCC2(C(=O)N(c3ccc(-c4ccccc4)cc3)C(=O)N2c2nccc(=O)[nH]2)C(C(=O)O)C1. The first-order valence-corrected chi connectivity index (χ1v) is 13.5. The third-order valence-corrected chi connectivity index (χ3v) is 8.07. The van der Waals surface area contributed by atoms with Crippen LogP contribution in [0.1, 0.15) is 17.7 Å². The molecule has 0 radical (unpaired) electrons. The van der Waals surface area contributed by atoms with Gasteiger partial charge in [0, 0.05) is 38.1 Å². The van der Waals surface area contributed by atoms with Gasteiger partial charge in [-0.05, 0) is 48.2 Å². The molecule has 4 heterocycles. The number of likely N-dealkylation sites (tertiary alicyclic amines) is 1. The van der Waals surface area contributed by atoms with Gasteiger partial charge in [0.25, 0.3) is 11.5 Å². The zero-order chi connectivity index (χ0) is 29.4. The summed E-state index contributed by atoms with van der Waals surface area (Å²) >= 11 is 0. The number of piperidine rings is 1. The monoisotopic (exact) mass is 564 g/mol. The summed E-state index contributed by atoms with van der Waals surface area (Å²) in [7, 11) is 0. The number of aliphatic carboxylic acids is 1. The van der Waals surface area contributed by atoms with E-state index in [1.807, 2.05) is 54.3 Å². The van der Waals surface area contributed by atoms with E-state index in [4.69, 9.17) is 0 Å². The zero-order valence-corrected chi connectivity index (χ0v) is 22.8. The molecule has 2 aromatic heterocycles. The van der Waals surface area contributed by atoms with Gasteiger partial charge in [-0.25, -0.2) is 19.6 Å². The molecule has 11 nitrogen and oxygen atoms in total. The summed E-state index contributed by atoms with van der Waals surface area (Å²) in [5.41, 5.74) is 1.58. The lowest BCUT2D eigenvalue weighted by atomic mass is 9.76. The number of carboxylic acid groups (broad SMARTS) is 1. The second kappa shape index (κ2) is 10.7. The first-order valence-electron chi connectivity index (χ1n) is 13.5. The number of nitrogens with zero attached hydrogens (tertiary/aromatic N) is 5. The van der Waals surface area contributed by atoms with Crippen molar-refractivity contribution in [2.75, 3.05) is 22.9 Å². The molecule has 2 aliphatic rings. The molecular formula is C31H28N6O5. The minimum atomic E-state index is -1.81. The maximum atomic E-state index is 14.4. The third kappa shape index (κ3) is 4.53. The Labute approximate surface area is 241 Å². The summed E-state index contributed by atoms with van der Waals surface area (Å²) < 4.78 is 0. The first kappa shape index (κ1) is 27.0. The van der Waals surface area contributed by atoms with Crippen LogP contribution in [0.25, 0.3) is 11.1 Å². The van der Waals surface area contributed by atoms with Crippen molar-refractivity contribution in [3.8, 4) is 11.1 Å². The number of carboxylic acids is 1. The molecule has 3 amide bonds. The Morgan fingerprint density at radius 1 is 0.952 bits per heavy atom. The number of carbonyl (C=O) groups excluding carboxylic acids is 2. The van der Waals surface area contributed by atoms with E-state index in [2.05, 4.69) is 15.0 Å². The lowest BCUT2D eigenvalue weighted by Gasteiger charge is -2.45. The number of imide groups is 1. The Hall–Kier alpha value is -5.16. The number of anilines is 2. The van der Waals surface area contributed by atoms with Gasteiger partial charge in [0.15, 0.2) is 0 Å². The highest BCUT2D eigenvalue weighted by Gasteiger charge is 2.66. The van der Waals surface area contributed by atoms with Gasteiger partial charge < -0.3 is 5.11 Å². The van der Waals surface area contributed by atoms with Crippen molar-refractivity contribution in [1.29, 1.82) is 0 Å². The summed E-state index contributed by atoms with van der Waals surface area (Å²) in [5.74, 6) is -3.40. The van der Waals surface area contributed by atoms with Gasteiger partial charge in [0.2, 0.25) is 5.95 Å². The van der Waals surface area contributed by atoms with Crippen LogP contribution in [0.3, 0.4) is 0 Å². The topological polar surface area (TPSA) is 140 Å². The molecule has 0 aliphatic carbocycles. The Morgan fingerprint density at radius 3 is 2.38 bits per heavy atom. The highest BCUT2D eigenvalue weighted by Crippen LogP contribution is 2.44. The van der Waals surface area contributed by atoms with E-state index in [1.54, 1.807) is 30.5 Å². The van der Waals surface area contributed by atoms with Gasteiger partial charge in [-0.15, -0.1) is 0 Å². The summed E-state index contributed by atoms with van der Waals surface area (Å²) in [5, 5.41) is 10.5. The van der Waals surface area contributed by atoms with Crippen LogP contribution in [0.2, 0.25) is 0 Å². The normalized spacial score (nSPS) is 20.8. The Bertz CT molecular complexity index is 1720. The van der Waals surface area contributed by atoms with Gasteiger partial charge in [-0.2, -0.15) is 0 Å². The van der Waals surface area contributed by atoms with Crippen LogP contribution in [-0.4, -0.2) is 61.5 Å². The standard InChI is InChI=1S/C31H28N6O5/c1-20-6-5-15-32-25(20)19-35-17-14-31(24(18-35)27(39)40)28(41)36(30(42)37(31)29-33-16-13-26(38)34-29)23-11-9-22(10-12-23)21-7-3-2-4-8-21/h2-13,15-16,24H,14,17-19H2,1H3,(H,39,40)(H,33,34,38). The number of aromatic amines is 1. The van der Waals surface area contributed by atoms with Crippen LogP contribution in [-0.2, 0) is 16.1 Å². The highest BCUT2D eigenvalue weighted by molar-refractivity contribution is 6.31. The average molecular weight is 565 g/mol. The van der Waals surface area contributed by atoms with Crippen LogP contribution >= 0.6 is 0 Å². The van der Waals surface area contributed by atoms with E-state index >= 15 is 0 Å². The number of nitrogens with one attached hydrogen (secondary N) is 1. The number of amides is 3. The Kier molecular flexibility index (Phi) is 6.87. The average Bonchev–Trinajstić information content (AvgIpc) is 3.21. The maximum Gasteiger partial charge on any atom is 0.339 e. The molecule has 2 N–H and O–H groups in total. The van der Waals surface area contributed by atoms with Crippen LogP contribution < -0.4 is 15.4 Å². The van der Waals surface area contributed by atoms with Gasteiger partial charge in [0.05, 0.1) is 11.4 Å². The molecule has 2 aliphatic heterocycles. The van der Waals surface area contributed by atoms with E-state index in [0.717, 1.165) is 32.2 Å². The minimum absolute atomic E-state index is 0.0115. The zero-order valence-electron chi connectivity index (χ0n) is 22.8. The van der Waals surface area contributed by atoms with Gasteiger partial charge in [-0.1, -0.05) is 48.5 Å². The molecule has 0 saturated carbocycles. The second-order valence-corrected chi connectivity index (χ2v) is 10.5. The predicted molar refractivity (Wildman–Crippen MR) is 155 cm³/mol. The van der Waals surface area contributed by atoms with Crippen molar-refractivity contribution in [3.63, 3.8) is 0 Å². The molecular weight excluding hydrogens is 536 g/mol. The fraction of sp³-hybridized carbons (Fsp3) is 0.226. The van der Waals surface area contributed by atoms with E-state index in [-0.39, 0.29) is 18.9 Å². The number of aromatic nitrogens is 3. The number of urea groups is 1. The van der Waals surface area contributed by atoms with Crippen LogP contribution in [0, 0.1) is 12.8 Å². The summed E-state index contributed by atoms with van der Waals surface area (Å²) in [6, 6.07) is 20.7. The lowest BCUT2D eigenvalue weighted by molar-refractivity contribution is -0.150. The molecule has 6 rings (SSSR count).